The largest absolute Gasteiger partial charge is 0.418 e. The molecule has 1 fully saturated rings. The van der Waals surface area contributed by atoms with E-state index in [1.807, 2.05) is 0 Å². The number of isocyanates is 1. The van der Waals surface area contributed by atoms with Crippen molar-refractivity contribution in [3.63, 3.8) is 0 Å². The number of ether oxygens (including phenoxy) is 1. The van der Waals surface area contributed by atoms with Gasteiger partial charge in [-0.2, -0.15) is 0 Å². The lowest BCUT2D eigenvalue weighted by Crippen LogP contribution is -2.38. The number of carbonyl (C=O) groups excluding carboxylic acids is 2. The van der Waals surface area contributed by atoms with Crippen LogP contribution in [0.25, 0.3) is 0 Å². The van der Waals surface area contributed by atoms with Gasteiger partial charge in [0, 0.05) is 6.54 Å². The summed E-state index contributed by atoms with van der Waals surface area (Å²) in [6.07, 6.45) is 3.34. The molecular formula is C12H19FN2O3. The van der Waals surface area contributed by atoms with Crippen LogP contribution in [0, 0.1) is 11.3 Å². The number of nitrogens with one attached hydrogen (secondary N) is 1. The van der Waals surface area contributed by atoms with E-state index in [9.17, 15) is 14.0 Å². The smallest absolute Gasteiger partial charge is 0.409 e. The number of alkyl carbamates (subject to hydrolysis) is 1. The highest BCUT2D eigenvalue weighted by Crippen LogP contribution is 2.39. The van der Waals surface area contributed by atoms with Gasteiger partial charge in [-0.3, -0.25) is 0 Å². The van der Waals surface area contributed by atoms with Gasteiger partial charge in [0.15, 0.2) is 0 Å². The predicted molar refractivity (Wildman–Crippen MR) is 63.5 cm³/mol. The van der Waals surface area contributed by atoms with Gasteiger partial charge in [0.1, 0.15) is 0 Å². The number of hydrogen-bond donors (Lipinski definition) is 1. The van der Waals surface area contributed by atoms with Crippen LogP contribution in [-0.2, 0) is 9.53 Å². The standard InChI is InChI=1S/C12H19FN2O3/c1-12(2)4-9(3-10(5-12)15-8-16)6-14-11(17)18-7-13/h9-10H,3-7H2,1-2H3,(H,14,17). The van der Waals surface area contributed by atoms with Crippen molar-refractivity contribution >= 4 is 12.2 Å². The van der Waals surface area contributed by atoms with Gasteiger partial charge < -0.3 is 10.1 Å². The minimum absolute atomic E-state index is 0.0461. The molecule has 6 heteroatoms. The fourth-order valence-electron chi connectivity index (χ4n) is 2.71. The average Bonchev–Trinajstić information content (AvgIpc) is 2.25. The Hall–Kier alpha value is -1.42. The van der Waals surface area contributed by atoms with Crippen molar-refractivity contribution in [3.05, 3.63) is 0 Å². The van der Waals surface area contributed by atoms with Gasteiger partial charge in [-0.25, -0.2) is 19.0 Å². The zero-order valence-electron chi connectivity index (χ0n) is 10.7. The molecule has 0 aliphatic heterocycles. The Balaban J connectivity index is 2.49. The monoisotopic (exact) mass is 258 g/mol. The molecule has 0 aromatic carbocycles. The topological polar surface area (TPSA) is 67.8 Å². The second-order valence-electron chi connectivity index (χ2n) is 5.47. The summed E-state index contributed by atoms with van der Waals surface area (Å²) in [5, 5.41) is 2.51. The molecule has 5 nitrogen and oxygen atoms in total. The van der Waals surface area contributed by atoms with E-state index in [0.717, 1.165) is 19.3 Å². The zero-order valence-corrected chi connectivity index (χ0v) is 10.7. The average molecular weight is 258 g/mol. The molecule has 0 saturated heterocycles. The Bertz CT molecular complexity index is 340. The van der Waals surface area contributed by atoms with Crippen molar-refractivity contribution in [1.82, 2.24) is 5.32 Å². The molecule has 0 aromatic heterocycles. The van der Waals surface area contributed by atoms with Crippen LogP contribution in [0.4, 0.5) is 9.18 Å². The van der Waals surface area contributed by atoms with Crippen molar-refractivity contribution in [2.24, 2.45) is 16.3 Å². The van der Waals surface area contributed by atoms with E-state index in [1.54, 1.807) is 6.08 Å². The van der Waals surface area contributed by atoms with Crippen molar-refractivity contribution in [3.8, 4) is 0 Å². The van der Waals surface area contributed by atoms with Gasteiger partial charge in [-0.05, 0) is 30.6 Å². The fourth-order valence-corrected chi connectivity index (χ4v) is 2.71. The Morgan fingerprint density at radius 2 is 2.28 bits per heavy atom. The maximum Gasteiger partial charge on any atom is 0.409 e. The molecule has 0 spiro atoms. The molecule has 0 heterocycles. The van der Waals surface area contributed by atoms with Crippen LogP contribution < -0.4 is 5.32 Å². The zero-order chi connectivity index (χ0) is 13.6. The number of nitrogens with zero attached hydrogens (tertiary/aromatic N) is 1. The minimum atomic E-state index is -1.12. The van der Waals surface area contributed by atoms with Crippen LogP contribution in [0.5, 0.6) is 0 Å². The van der Waals surface area contributed by atoms with Gasteiger partial charge in [-0.15, -0.1) is 0 Å². The van der Waals surface area contributed by atoms with Gasteiger partial charge in [0.05, 0.1) is 6.04 Å². The van der Waals surface area contributed by atoms with Crippen LogP contribution in [0.15, 0.2) is 4.99 Å². The van der Waals surface area contributed by atoms with Crippen molar-refractivity contribution in [1.29, 1.82) is 0 Å². The summed E-state index contributed by atoms with van der Waals surface area (Å²) in [5.74, 6) is 0.211. The van der Waals surface area contributed by atoms with Crippen LogP contribution in [0.3, 0.4) is 0 Å². The SMILES string of the molecule is CC1(C)CC(CNC(=O)OCF)CC(N=C=O)C1. The highest BCUT2D eigenvalue weighted by atomic mass is 19.1. The third-order valence-electron chi connectivity index (χ3n) is 3.19. The van der Waals surface area contributed by atoms with E-state index in [2.05, 4.69) is 28.9 Å². The molecule has 2 unspecified atom stereocenters. The van der Waals surface area contributed by atoms with Crippen molar-refractivity contribution in [2.45, 2.75) is 39.2 Å². The molecule has 18 heavy (non-hydrogen) atoms. The molecule has 1 amide bonds. The summed E-state index contributed by atoms with van der Waals surface area (Å²) in [4.78, 5) is 25.1. The summed E-state index contributed by atoms with van der Waals surface area (Å²) < 4.78 is 15.9. The number of alkyl halides is 1. The fraction of sp³-hybridized carbons (Fsp3) is 0.833. The van der Waals surface area contributed by atoms with E-state index in [1.165, 1.54) is 0 Å². The molecule has 1 rings (SSSR count). The molecule has 102 valence electrons. The molecule has 0 bridgehead atoms. The maximum atomic E-state index is 11.8. The highest BCUT2D eigenvalue weighted by molar-refractivity contribution is 5.66. The summed E-state index contributed by atoms with van der Waals surface area (Å²) in [7, 11) is 0. The summed E-state index contributed by atoms with van der Waals surface area (Å²) in [5.41, 5.74) is 0.0691. The van der Waals surface area contributed by atoms with Gasteiger partial charge in [0.2, 0.25) is 12.9 Å². The first-order chi connectivity index (χ1) is 8.46. The second-order valence-corrected chi connectivity index (χ2v) is 5.47. The van der Waals surface area contributed by atoms with Gasteiger partial charge in [0.25, 0.3) is 0 Å². The third kappa shape index (κ3) is 4.84. The third-order valence-corrected chi connectivity index (χ3v) is 3.19. The molecule has 1 aliphatic carbocycles. The highest BCUT2D eigenvalue weighted by Gasteiger charge is 2.34. The molecule has 0 aromatic rings. The number of halogens is 1. The molecule has 1 aliphatic rings. The predicted octanol–water partition coefficient (Wildman–Crippen LogP) is 2.17. The number of aliphatic imine (C=N–C) groups is 1. The van der Waals surface area contributed by atoms with E-state index in [0.29, 0.717) is 6.54 Å². The first-order valence-corrected chi connectivity index (χ1v) is 6.00. The van der Waals surface area contributed by atoms with E-state index in [4.69, 9.17) is 0 Å². The molecule has 1 N–H and O–H groups in total. The molecular weight excluding hydrogens is 239 g/mol. The Morgan fingerprint density at radius 1 is 1.56 bits per heavy atom. The minimum Gasteiger partial charge on any atom is -0.418 e. The Labute approximate surface area is 106 Å². The summed E-state index contributed by atoms with van der Waals surface area (Å²) >= 11 is 0. The van der Waals surface area contributed by atoms with Crippen LogP contribution in [0.2, 0.25) is 0 Å². The summed E-state index contributed by atoms with van der Waals surface area (Å²) in [6.45, 7) is 3.49. The van der Waals surface area contributed by atoms with E-state index < -0.39 is 13.0 Å². The van der Waals surface area contributed by atoms with Gasteiger partial charge in [-0.1, -0.05) is 13.8 Å². The van der Waals surface area contributed by atoms with Crippen LogP contribution in [-0.4, -0.2) is 31.6 Å². The Morgan fingerprint density at radius 3 is 2.89 bits per heavy atom. The second kappa shape index (κ2) is 6.50. The number of hydrogen-bond acceptors (Lipinski definition) is 4. The molecule has 0 radical (unpaired) electrons. The number of carbonyl (C=O) groups is 1. The van der Waals surface area contributed by atoms with Crippen LogP contribution in [0.1, 0.15) is 33.1 Å². The first-order valence-electron chi connectivity index (χ1n) is 6.00. The molecule has 1 saturated carbocycles. The van der Waals surface area contributed by atoms with Gasteiger partial charge >= 0.3 is 6.09 Å². The van der Waals surface area contributed by atoms with E-state index >= 15 is 0 Å². The van der Waals surface area contributed by atoms with Crippen molar-refractivity contribution in [2.75, 3.05) is 13.4 Å². The first kappa shape index (κ1) is 14.6. The lowest BCUT2D eigenvalue weighted by molar-refractivity contribution is 0.0932. The number of amides is 1. The quantitative estimate of drug-likeness (QED) is 0.620. The maximum absolute atomic E-state index is 11.8. The van der Waals surface area contributed by atoms with E-state index in [-0.39, 0.29) is 17.4 Å². The molecule has 2 atom stereocenters. The Kier molecular flexibility index (Phi) is 5.28. The lowest BCUT2D eigenvalue weighted by Gasteiger charge is -2.38. The summed E-state index contributed by atoms with van der Waals surface area (Å²) in [6, 6.07) is -0.0461. The van der Waals surface area contributed by atoms with Crippen molar-refractivity contribution < 1.29 is 18.7 Å². The van der Waals surface area contributed by atoms with Crippen LogP contribution >= 0.6 is 0 Å². The lowest BCUT2D eigenvalue weighted by atomic mass is 9.70. The number of rotatable bonds is 4. The normalized spacial score (nSPS) is 25.9.